The highest BCUT2D eigenvalue weighted by atomic mass is 32.2. The topological polar surface area (TPSA) is 107 Å². The Morgan fingerprint density at radius 1 is 1.20 bits per heavy atom. The molecule has 4 heterocycles. The number of allylic oxidation sites excluding steroid dienone is 2. The summed E-state index contributed by atoms with van der Waals surface area (Å²) < 4.78 is 34.7. The van der Waals surface area contributed by atoms with Gasteiger partial charge in [-0.05, 0) is 43.5 Å². The average molecular weight is 490 g/mol. The van der Waals surface area contributed by atoms with Gasteiger partial charge in [0.05, 0.1) is 35.1 Å². The Kier molecular flexibility index (Phi) is 4.14. The van der Waals surface area contributed by atoms with Crippen LogP contribution in [0.1, 0.15) is 40.0 Å². The summed E-state index contributed by atoms with van der Waals surface area (Å²) in [7, 11) is -4.00. The van der Waals surface area contributed by atoms with Crippen LogP contribution in [0.5, 0.6) is 0 Å². The van der Waals surface area contributed by atoms with Gasteiger partial charge in [0.2, 0.25) is 5.78 Å². The van der Waals surface area contributed by atoms with Crippen molar-refractivity contribution in [1.29, 1.82) is 0 Å². The molecule has 7 rings (SSSR count). The summed E-state index contributed by atoms with van der Waals surface area (Å²) >= 11 is 0. The van der Waals surface area contributed by atoms with E-state index in [1.54, 1.807) is 36.5 Å². The van der Waals surface area contributed by atoms with Gasteiger partial charge in [0, 0.05) is 35.7 Å². The Labute approximate surface area is 202 Å². The predicted octanol–water partition coefficient (Wildman–Crippen LogP) is 2.11. The van der Waals surface area contributed by atoms with Crippen LogP contribution in [0, 0.1) is 12.3 Å². The number of hydrogen-bond acceptors (Lipinski definition) is 7. The number of ketones is 2. The fraction of sp³-hybridized carbons (Fsp3) is 0.346. The van der Waals surface area contributed by atoms with Gasteiger partial charge in [-0.25, -0.2) is 12.4 Å². The lowest BCUT2D eigenvalue weighted by Gasteiger charge is -2.53. The lowest BCUT2D eigenvalue weighted by Crippen LogP contribution is -2.60. The number of benzene rings is 1. The Morgan fingerprint density at radius 2 is 2.00 bits per heavy atom. The standard InChI is InChI=1S/C26H23N3O5S/c1-14-2-4-18(5-3-14)35(32,33)29-12-15-7-9-27-22-20(15)24(29)25(31)23-21(22)26-8-6-17(30)10-19(26)34-13-16(11-26)28-23/h2-6,8,12,16,19,28H,7,9-11,13H2,1H3/t16-,19-,26+/m0/s1. The van der Waals surface area contributed by atoms with Crippen LogP contribution in [0.25, 0.3) is 0 Å². The zero-order chi connectivity index (χ0) is 24.1. The number of rotatable bonds is 2. The van der Waals surface area contributed by atoms with Crippen LogP contribution in [0.15, 0.2) is 63.8 Å². The molecule has 1 spiro atoms. The maximum atomic E-state index is 14.1. The third-order valence-corrected chi connectivity index (χ3v) is 9.54. The number of nitrogens with zero attached hydrogens (tertiary/aromatic N) is 2. The van der Waals surface area contributed by atoms with Crippen LogP contribution in [0.4, 0.5) is 0 Å². The molecule has 0 radical (unpaired) electrons. The summed E-state index contributed by atoms with van der Waals surface area (Å²) in [5.74, 6) is -0.350. The number of aryl methyl sites for hydroxylation is 1. The van der Waals surface area contributed by atoms with E-state index >= 15 is 0 Å². The van der Waals surface area contributed by atoms with E-state index in [9.17, 15) is 18.0 Å². The van der Waals surface area contributed by atoms with Gasteiger partial charge >= 0.3 is 0 Å². The SMILES string of the molecule is Cc1ccc(S(=O)(=O)n2cc3c4c2C(=O)C2=C(C4=NCC3)[C@@]34C=CC(=O)C[C@@H]3OC[C@H](C4)N2)cc1. The largest absolute Gasteiger partial charge is 0.376 e. The third-order valence-electron chi connectivity index (χ3n) is 7.87. The minimum atomic E-state index is -4.00. The molecule has 3 aliphatic heterocycles. The molecular weight excluding hydrogens is 466 g/mol. The highest BCUT2D eigenvalue weighted by Crippen LogP contribution is 2.53. The average Bonchev–Trinajstić information content (AvgIpc) is 3.25. The number of Topliss-reactive ketones (excluding diaryl/α,β-unsaturated/α-hetero) is 1. The minimum absolute atomic E-state index is 0.00389. The van der Waals surface area contributed by atoms with Gasteiger partial charge in [0.15, 0.2) is 5.78 Å². The fourth-order valence-corrected chi connectivity index (χ4v) is 7.65. The van der Waals surface area contributed by atoms with Gasteiger partial charge in [0.1, 0.15) is 5.69 Å². The Morgan fingerprint density at radius 3 is 2.80 bits per heavy atom. The molecule has 178 valence electrons. The number of fused-ring (bicyclic) bond motifs is 2. The lowest BCUT2D eigenvalue weighted by atomic mass is 9.60. The van der Waals surface area contributed by atoms with Crippen LogP contribution in [0.2, 0.25) is 0 Å². The summed E-state index contributed by atoms with van der Waals surface area (Å²) in [5.41, 5.74) is 3.60. The molecule has 2 aromatic rings. The summed E-state index contributed by atoms with van der Waals surface area (Å²) in [6.07, 6.45) is 6.20. The van der Waals surface area contributed by atoms with Gasteiger partial charge in [-0.3, -0.25) is 14.6 Å². The van der Waals surface area contributed by atoms with E-state index in [1.165, 1.54) is 0 Å². The highest BCUT2D eigenvalue weighted by molar-refractivity contribution is 7.90. The molecule has 1 fully saturated rings. The van der Waals surface area contributed by atoms with E-state index < -0.39 is 15.4 Å². The van der Waals surface area contributed by atoms with Crippen molar-refractivity contribution in [2.75, 3.05) is 13.2 Å². The van der Waals surface area contributed by atoms with Crippen LogP contribution in [-0.4, -0.2) is 55.0 Å². The van der Waals surface area contributed by atoms with E-state index in [-0.39, 0.29) is 40.7 Å². The first-order valence-electron chi connectivity index (χ1n) is 11.8. The molecule has 0 saturated carbocycles. The van der Waals surface area contributed by atoms with E-state index in [1.807, 2.05) is 13.0 Å². The monoisotopic (exact) mass is 489 g/mol. The smallest absolute Gasteiger partial charge is 0.268 e. The van der Waals surface area contributed by atoms with Crippen molar-refractivity contribution in [3.63, 3.8) is 0 Å². The quantitative estimate of drug-likeness (QED) is 0.693. The molecule has 35 heavy (non-hydrogen) atoms. The number of ether oxygens (including phenoxy) is 1. The van der Waals surface area contributed by atoms with Crippen molar-refractivity contribution in [3.8, 4) is 0 Å². The number of nitrogens with one attached hydrogen (secondary N) is 1. The zero-order valence-electron chi connectivity index (χ0n) is 19.1. The van der Waals surface area contributed by atoms with Crippen molar-refractivity contribution in [3.05, 3.63) is 76.3 Å². The van der Waals surface area contributed by atoms with Crippen molar-refractivity contribution in [2.45, 2.75) is 43.2 Å². The maximum Gasteiger partial charge on any atom is 0.268 e. The normalized spacial score (nSPS) is 28.7. The van der Waals surface area contributed by atoms with Crippen LogP contribution >= 0.6 is 0 Å². The second kappa shape index (κ2) is 6.89. The molecule has 1 N–H and O–H groups in total. The lowest BCUT2D eigenvalue weighted by molar-refractivity contribution is -0.125. The highest BCUT2D eigenvalue weighted by Gasteiger charge is 2.57. The number of aromatic nitrogens is 1. The summed E-state index contributed by atoms with van der Waals surface area (Å²) in [4.78, 5) is 31.3. The second-order valence-corrected chi connectivity index (χ2v) is 11.8. The van der Waals surface area contributed by atoms with Gasteiger partial charge in [-0.2, -0.15) is 0 Å². The Bertz CT molecular complexity index is 1540. The Balaban J connectivity index is 1.47. The predicted molar refractivity (Wildman–Crippen MR) is 127 cm³/mol. The molecular formula is C26H23N3O5S. The number of hydrogen-bond donors (Lipinski definition) is 1. The fourth-order valence-electron chi connectivity index (χ4n) is 6.26. The Hall–Kier alpha value is -3.30. The van der Waals surface area contributed by atoms with Gasteiger partial charge in [-0.15, -0.1) is 0 Å². The van der Waals surface area contributed by atoms with E-state index in [4.69, 9.17) is 9.73 Å². The molecule has 1 aromatic carbocycles. The number of aliphatic imine (C=N–C) groups is 1. The molecule has 2 bridgehead atoms. The van der Waals surface area contributed by atoms with E-state index in [2.05, 4.69) is 5.32 Å². The van der Waals surface area contributed by atoms with Gasteiger partial charge in [-0.1, -0.05) is 23.8 Å². The summed E-state index contributed by atoms with van der Waals surface area (Å²) in [6, 6.07) is 6.51. The number of carbonyl (C=O) groups is 2. The van der Waals surface area contributed by atoms with Crippen molar-refractivity contribution >= 4 is 27.3 Å². The van der Waals surface area contributed by atoms with Crippen molar-refractivity contribution < 1.29 is 22.7 Å². The molecule has 1 saturated heterocycles. The van der Waals surface area contributed by atoms with Crippen LogP contribution in [0.3, 0.4) is 0 Å². The molecule has 8 nitrogen and oxygen atoms in total. The second-order valence-electron chi connectivity index (χ2n) is 9.96. The first-order chi connectivity index (χ1) is 16.8. The first-order valence-corrected chi connectivity index (χ1v) is 13.2. The van der Waals surface area contributed by atoms with Crippen molar-refractivity contribution in [2.24, 2.45) is 10.4 Å². The molecule has 9 heteroatoms. The van der Waals surface area contributed by atoms with Gasteiger partial charge < -0.3 is 10.1 Å². The van der Waals surface area contributed by atoms with E-state index in [0.29, 0.717) is 43.0 Å². The van der Waals surface area contributed by atoms with Gasteiger partial charge in [0.25, 0.3) is 10.0 Å². The van der Waals surface area contributed by atoms with Crippen LogP contribution in [-0.2, 0) is 26.0 Å². The molecule has 2 aliphatic carbocycles. The van der Waals surface area contributed by atoms with Crippen molar-refractivity contribution in [1.82, 2.24) is 9.29 Å². The molecule has 3 atom stereocenters. The molecule has 0 unspecified atom stereocenters. The molecule has 0 amide bonds. The van der Waals surface area contributed by atoms with E-state index in [0.717, 1.165) is 20.7 Å². The minimum Gasteiger partial charge on any atom is -0.376 e. The summed E-state index contributed by atoms with van der Waals surface area (Å²) in [5, 5.41) is 3.34. The zero-order valence-corrected chi connectivity index (χ0v) is 19.9. The first kappa shape index (κ1) is 21.0. The maximum absolute atomic E-state index is 14.1. The van der Waals surface area contributed by atoms with Crippen LogP contribution < -0.4 is 5.32 Å². The summed E-state index contributed by atoms with van der Waals surface area (Å²) in [6.45, 7) is 2.77. The molecule has 5 aliphatic rings. The third kappa shape index (κ3) is 2.70. The molecule has 1 aromatic heterocycles. The number of carbonyl (C=O) groups excluding carboxylic acids is 2.